The number of aromatic hydroxyl groups is 1. The molecule has 1 amide bonds. The number of phenols is 1. The Kier molecular flexibility index (Phi) is 5.23. The summed E-state index contributed by atoms with van der Waals surface area (Å²) in [6.07, 6.45) is 2.77. The summed E-state index contributed by atoms with van der Waals surface area (Å²) in [4.78, 5) is 14.5. The topological polar surface area (TPSA) is 49.8 Å². The lowest BCUT2D eigenvalue weighted by molar-refractivity contribution is -0.141. The summed E-state index contributed by atoms with van der Waals surface area (Å²) in [6.45, 7) is 4.75. The van der Waals surface area contributed by atoms with E-state index in [9.17, 15) is 9.90 Å². The quantitative estimate of drug-likeness (QED) is 0.927. The number of carbonyl (C=O) groups is 1. The minimum atomic E-state index is -0.0486. The normalized spacial score (nSPS) is 23.6. The van der Waals surface area contributed by atoms with E-state index in [4.69, 9.17) is 4.74 Å². The summed E-state index contributed by atoms with van der Waals surface area (Å²) in [7, 11) is 1.84. The van der Waals surface area contributed by atoms with Gasteiger partial charge in [0.2, 0.25) is 5.91 Å². The third kappa shape index (κ3) is 3.76. The molecule has 4 heteroatoms. The van der Waals surface area contributed by atoms with E-state index in [1.807, 2.05) is 20.0 Å². The van der Waals surface area contributed by atoms with Gasteiger partial charge in [-0.25, -0.2) is 0 Å². The second-order valence-electron chi connectivity index (χ2n) is 5.84. The molecule has 1 aromatic carbocycles. The van der Waals surface area contributed by atoms with Crippen LogP contribution in [0.2, 0.25) is 0 Å². The van der Waals surface area contributed by atoms with Gasteiger partial charge in [0.05, 0.1) is 12.1 Å². The first kappa shape index (κ1) is 15.8. The largest absolute Gasteiger partial charge is 0.508 e. The van der Waals surface area contributed by atoms with Crippen molar-refractivity contribution in [2.45, 2.75) is 45.3 Å². The molecule has 0 aliphatic carbocycles. The first-order chi connectivity index (χ1) is 10.0. The van der Waals surface area contributed by atoms with E-state index in [-0.39, 0.29) is 29.7 Å². The monoisotopic (exact) mass is 291 g/mol. The van der Waals surface area contributed by atoms with Crippen LogP contribution >= 0.6 is 0 Å². The van der Waals surface area contributed by atoms with Crippen molar-refractivity contribution in [1.29, 1.82) is 0 Å². The van der Waals surface area contributed by atoms with Gasteiger partial charge in [-0.15, -0.1) is 0 Å². The van der Waals surface area contributed by atoms with Gasteiger partial charge in [-0.1, -0.05) is 19.1 Å². The standard InChI is InChI=1S/C17H25NO3/c1-4-16-11-14(8-9-21-16)17(20)18(3)12(2)13-6-5-7-15(19)10-13/h5-7,10,12,14,16,19H,4,8-9,11H2,1-3H3. The molecule has 0 bridgehead atoms. The maximum atomic E-state index is 12.7. The number of hydrogen-bond acceptors (Lipinski definition) is 3. The highest BCUT2D eigenvalue weighted by Gasteiger charge is 2.30. The Bertz CT molecular complexity index is 489. The van der Waals surface area contributed by atoms with Crippen molar-refractivity contribution in [2.75, 3.05) is 13.7 Å². The average Bonchev–Trinajstić information content (AvgIpc) is 2.52. The summed E-state index contributed by atoms with van der Waals surface area (Å²) in [5.41, 5.74) is 0.949. The Morgan fingerprint density at radius 3 is 2.95 bits per heavy atom. The van der Waals surface area contributed by atoms with E-state index in [0.717, 1.165) is 24.8 Å². The van der Waals surface area contributed by atoms with Gasteiger partial charge in [-0.05, 0) is 43.9 Å². The Balaban J connectivity index is 2.04. The summed E-state index contributed by atoms with van der Waals surface area (Å²) in [5.74, 6) is 0.457. The van der Waals surface area contributed by atoms with Crippen molar-refractivity contribution in [1.82, 2.24) is 4.90 Å². The van der Waals surface area contributed by atoms with Crippen LogP contribution in [0.4, 0.5) is 0 Å². The predicted molar refractivity (Wildman–Crippen MR) is 82.0 cm³/mol. The number of phenolic OH excluding ortho intramolecular Hbond substituents is 1. The molecule has 3 unspecified atom stereocenters. The number of nitrogens with zero attached hydrogens (tertiary/aromatic N) is 1. The summed E-state index contributed by atoms with van der Waals surface area (Å²) in [5, 5.41) is 9.58. The van der Waals surface area contributed by atoms with E-state index in [1.54, 1.807) is 23.1 Å². The minimum Gasteiger partial charge on any atom is -0.508 e. The van der Waals surface area contributed by atoms with Gasteiger partial charge in [-0.3, -0.25) is 4.79 Å². The Morgan fingerprint density at radius 2 is 2.29 bits per heavy atom. The summed E-state index contributed by atoms with van der Waals surface area (Å²) < 4.78 is 5.64. The van der Waals surface area contributed by atoms with E-state index >= 15 is 0 Å². The number of benzene rings is 1. The Labute approximate surface area is 126 Å². The lowest BCUT2D eigenvalue weighted by atomic mass is 9.92. The molecule has 0 radical (unpaired) electrons. The van der Waals surface area contributed by atoms with Crippen molar-refractivity contribution in [2.24, 2.45) is 5.92 Å². The van der Waals surface area contributed by atoms with Crippen LogP contribution in [-0.2, 0) is 9.53 Å². The fourth-order valence-corrected chi connectivity index (χ4v) is 2.88. The van der Waals surface area contributed by atoms with Crippen molar-refractivity contribution < 1.29 is 14.6 Å². The van der Waals surface area contributed by atoms with Crippen LogP contribution < -0.4 is 0 Å². The second-order valence-corrected chi connectivity index (χ2v) is 5.84. The highest BCUT2D eigenvalue weighted by atomic mass is 16.5. The molecule has 1 heterocycles. The van der Waals surface area contributed by atoms with Crippen molar-refractivity contribution >= 4 is 5.91 Å². The highest BCUT2D eigenvalue weighted by molar-refractivity contribution is 5.79. The molecule has 3 atom stereocenters. The first-order valence-electron chi connectivity index (χ1n) is 7.70. The number of rotatable bonds is 4. The molecule has 1 fully saturated rings. The van der Waals surface area contributed by atoms with Gasteiger partial charge >= 0.3 is 0 Å². The number of amides is 1. The zero-order valence-electron chi connectivity index (χ0n) is 13.1. The average molecular weight is 291 g/mol. The molecule has 0 spiro atoms. The Morgan fingerprint density at radius 1 is 1.52 bits per heavy atom. The maximum absolute atomic E-state index is 12.7. The predicted octanol–water partition coefficient (Wildman–Crippen LogP) is 3.12. The summed E-state index contributed by atoms with van der Waals surface area (Å²) in [6, 6.07) is 7.05. The zero-order chi connectivity index (χ0) is 15.4. The number of carbonyl (C=O) groups excluding carboxylic acids is 1. The summed E-state index contributed by atoms with van der Waals surface area (Å²) >= 11 is 0. The molecule has 2 rings (SSSR count). The van der Waals surface area contributed by atoms with Gasteiger partial charge < -0.3 is 14.7 Å². The molecule has 1 saturated heterocycles. The maximum Gasteiger partial charge on any atom is 0.226 e. The lowest BCUT2D eigenvalue weighted by Gasteiger charge is -2.33. The lowest BCUT2D eigenvalue weighted by Crippen LogP contribution is -2.39. The molecule has 1 aromatic rings. The number of ether oxygens (including phenoxy) is 1. The molecule has 1 aliphatic heterocycles. The Hall–Kier alpha value is -1.55. The molecule has 0 aromatic heterocycles. The number of hydrogen-bond donors (Lipinski definition) is 1. The molecule has 0 saturated carbocycles. The van der Waals surface area contributed by atoms with Gasteiger partial charge in [0.15, 0.2) is 0 Å². The zero-order valence-corrected chi connectivity index (χ0v) is 13.1. The van der Waals surface area contributed by atoms with Crippen LogP contribution in [0.1, 0.15) is 44.7 Å². The first-order valence-corrected chi connectivity index (χ1v) is 7.70. The van der Waals surface area contributed by atoms with Gasteiger partial charge in [-0.2, -0.15) is 0 Å². The molecular formula is C17H25NO3. The van der Waals surface area contributed by atoms with Crippen molar-refractivity contribution in [3.05, 3.63) is 29.8 Å². The minimum absolute atomic E-state index is 0.0486. The molecule has 21 heavy (non-hydrogen) atoms. The van der Waals surface area contributed by atoms with Crippen LogP contribution in [0.15, 0.2) is 24.3 Å². The van der Waals surface area contributed by atoms with Gasteiger partial charge in [0.25, 0.3) is 0 Å². The SMILES string of the molecule is CCC1CC(C(=O)N(C)C(C)c2cccc(O)c2)CCO1. The van der Waals surface area contributed by atoms with E-state index in [0.29, 0.717) is 6.61 Å². The third-order valence-corrected chi connectivity index (χ3v) is 4.45. The molecule has 116 valence electrons. The fourth-order valence-electron chi connectivity index (χ4n) is 2.88. The smallest absolute Gasteiger partial charge is 0.226 e. The van der Waals surface area contributed by atoms with E-state index < -0.39 is 0 Å². The van der Waals surface area contributed by atoms with Crippen LogP contribution in [0.25, 0.3) is 0 Å². The van der Waals surface area contributed by atoms with Gasteiger partial charge in [0.1, 0.15) is 5.75 Å². The van der Waals surface area contributed by atoms with E-state index in [1.165, 1.54) is 0 Å². The highest BCUT2D eigenvalue weighted by Crippen LogP contribution is 2.28. The van der Waals surface area contributed by atoms with Crippen LogP contribution in [0.5, 0.6) is 5.75 Å². The van der Waals surface area contributed by atoms with Crippen molar-refractivity contribution in [3.8, 4) is 5.75 Å². The molecule has 1 N–H and O–H groups in total. The van der Waals surface area contributed by atoms with E-state index in [2.05, 4.69) is 6.92 Å². The molecular weight excluding hydrogens is 266 g/mol. The van der Waals surface area contributed by atoms with Crippen LogP contribution in [0.3, 0.4) is 0 Å². The second kappa shape index (κ2) is 6.94. The molecule has 4 nitrogen and oxygen atoms in total. The van der Waals surface area contributed by atoms with Crippen molar-refractivity contribution in [3.63, 3.8) is 0 Å². The van der Waals surface area contributed by atoms with Crippen LogP contribution in [-0.4, -0.2) is 35.7 Å². The van der Waals surface area contributed by atoms with Crippen LogP contribution in [0, 0.1) is 5.92 Å². The fraction of sp³-hybridized carbons (Fsp3) is 0.588. The molecule has 1 aliphatic rings. The van der Waals surface area contributed by atoms with Gasteiger partial charge in [0, 0.05) is 19.6 Å². The third-order valence-electron chi connectivity index (χ3n) is 4.45.